The Balaban J connectivity index is 1.08. The molecule has 1 aliphatic carbocycles. The Morgan fingerprint density at radius 2 is 1.69 bits per heavy atom. The number of rotatable bonds is 9. The third kappa shape index (κ3) is 7.05. The third-order valence-corrected chi connectivity index (χ3v) is 9.25. The highest BCUT2D eigenvalue weighted by atomic mass is 35.5. The van der Waals surface area contributed by atoms with Crippen molar-refractivity contribution < 1.29 is 19.1 Å². The van der Waals surface area contributed by atoms with Gasteiger partial charge in [0, 0.05) is 25.6 Å². The first-order chi connectivity index (χ1) is 21.7. The lowest BCUT2D eigenvalue weighted by atomic mass is 9.95. The fourth-order valence-electron chi connectivity index (χ4n) is 6.15. The number of fused-ring (bicyclic) bond motifs is 1. The van der Waals surface area contributed by atoms with Gasteiger partial charge in [-0.15, -0.1) is 0 Å². The van der Waals surface area contributed by atoms with E-state index in [1.807, 2.05) is 42.5 Å². The minimum Gasteiger partial charge on any atom is -0.480 e. The van der Waals surface area contributed by atoms with E-state index in [9.17, 15) is 14.7 Å². The lowest BCUT2D eigenvalue weighted by molar-refractivity contribution is -0.142. The summed E-state index contributed by atoms with van der Waals surface area (Å²) in [6.45, 7) is 0.748. The summed E-state index contributed by atoms with van der Waals surface area (Å²) < 4.78 is 15.7. The number of amides is 1. The van der Waals surface area contributed by atoms with Crippen LogP contribution in [0.15, 0.2) is 73.1 Å². The number of anilines is 2. The van der Waals surface area contributed by atoms with Gasteiger partial charge in [-0.25, -0.2) is 14.8 Å². The van der Waals surface area contributed by atoms with Gasteiger partial charge in [-0.2, -0.15) is 4.39 Å². The van der Waals surface area contributed by atoms with Crippen LogP contribution in [0.1, 0.15) is 29.5 Å². The zero-order valence-corrected chi connectivity index (χ0v) is 25.9. The van der Waals surface area contributed by atoms with Gasteiger partial charge in [0.2, 0.25) is 11.7 Å². The van der Waals surface area contributed by atoms with Crippen molar-refractivity contribution in [2.24, 2.45) is 5.92 Å². The zero-order valence-electron chi connectivity index (χ0n) is 24.3. The van der Waals surface area contributed by atoms with Crippen molar-refractivity contribution in [1.29, 1.82) is 0 Å². The van der Waals surface area contributed by atoms with Crippen LogP contribution in [0, 0.1) is 11.7 Å². The van der Waals surface area contributed by atoms with Crippen LogP contribution in [-0.4, -0.2) is 52.1 Å². The van der Waals surface area contributed by atoms with Crippen molar-refractivity contribution in [2.45, 2.75) is 44.2 Å². The molecule has 0 spiro atoms. The number of piperidine rings is 1. The van der Waals surface area contributed by atoms with E-state index in [4.69, 9.17) is 23.2 Å². The lowest BCUT2D eigenvalue weighted by Gasteiger charge is -2.33. The van der Waals surface area contributed by atoms with Gasteiger partial charge in [0.1, 0.15) is 12.4 Å². The Morgan fingerprint density at radius 3 is 2.38 bits per heavy atom. The Bertz CT molecular complexity index is 1700. The highest BCUT2D eigenvalue weighted by molar-refractivity contribution is 6.42. The molecule has 0 radical (unpaired) electrons. The van der Waals surface area contributed by atoms with Crippen LogP contribution >= 0.6 is 23.2 Å². The predicted octanol–water partition coefficient (Wildman–Crippen LogP) is 6.20. The summed E-state index contributed by atoms with van der Waals surface area (Å²) in [6, 6.07) is 19.8. The van der Waals surface area contributed by atoms with Crippen molar-refractivity contribution >= 4 is 46.7 Å². The normalized spacial score (nSPS) is 17.0. The lowest BCUT2D eigenvalue weighted by Crippen LogP contribution is -2.49. The molecule has 2 atom stereocenters. The molecule has 6 rings (SSSR count). The number of hydrogen-bond donors (Lipinski definition) is 3. The summed E-state index contributed by atoms with van der Waals surface area (Å²) in [5.41, 5.74) is 5.03. The maximum Gasteiger partial charge on any atom is 0.326 e. The van der Waals surface area contributed by atoms with Crippen molar-refractivity contribution in [2.75, 3.05) is 23.3 Å². The molecule has 1 fully saturated rings. The number of carbonyl (C=O) groups excluding carboxylic acids is 1. The molecule has 3 N–H and O–H groups in total. The number of halogens is 3. The average Bonchev–Trinajstić information content (AvgIpc) is 3.46. The summed E-state index contributed by atoms with van der Waals surface area (Å²) in [5.74, 6) is -2.31. The van der Waals surface area contributed by atoms with Crippen molar-refractivity contribution in [3.63, 3.8) is 0 Å². The fourth-order valence-corrected chi connectivity index (χ4v) is 6.45. The number of carboxylic acids is 1. The van der Waals surface area contributed by atoms with E-state index in [0.29, 0.717) is 29.4 Å². The van der Waals surface area contributed by atoms with Crippen molar-refractivity contribution in [3.8, 4) is 11.1 Å². The van der Waals surface area contributed by atoms with Crippen LogP contribution in [0.5, 0.6) is 0 Å². The molecule has 1 aromatic heterocycles. The molecule has 1 unspecified atom stereocenters. The Labute approximate surface area is 270 Å². The molecule has 45 heavy (non-hydrogen) atoms. The second kappa shape index (κ2) is 13.4. The molecule has 0 saturated carbocycles. The molecule has 0 bridgehead atoms. The summed E-state index contributed by atoms with van der Waals surface area (Å²) in [6.07, 6.45) is 4.21. The van der Waals surface area contributed by atoms with E-state index in [0.717, 1.165) is 29.5 Å². The van der Waals surface area contributed by atoms with E-state index >= 15 is 4.39 Å². The van der Waals surface area contributed by atoms with Crippen LogP contribution in [0.4, 0.5) is 16.0 Å². The molecule has 2 heterocycles. The zero-order chi connectivity index (χ0) is 31.5. The fraction of sp³-hybridized carbons (Fsp3) is 0.294. The molecule has 8 nitrogen and oxygen atoms in total. The second-order valence-electron chi connectivity index (χ2n) is 11.6. The first-order valence-corrected chi connectivity index (χ1v) is 15.7. The third-order valence-electron chi connectivity index (χ3n) is 8.52. The van der Waals surface area contributed by atoms with E-state index in [2.05, 4.69) is 32.7 Å². The van der Waals surface area contributed by atoms with Gasteiger partial charge in [0.15, 0.2) is 11.6 Å². The minimum atomic E-state index is -1.13. The van der Waals surface area contributed by atoms with Gasteiger partial charge in [0.25, 0.3) is 0 Å². The summed E-state index contributed by atoms with van der Waals surface area (Å²) >= 11 is 12.2. The van der Waals surface area contributed by atoms with Gasteiger partial charge in [-0.3, -0.25) is 4.79 Å². The molecule has 1 amide bonds. The number of aromatic nitrogens is 2. The Morgan fingerprint density at radius 1 is 0.978 bits per heavy atom. The van der Waals surface area contributed by atoms with Crippen LogP contribution in [0.25, 0.3) is 11.1 Å². The number of nitrogens with one attached hydrogen (secondary N) is 2. The molecular weight excluding hydrogens is 616 g/mol. The number of nitrogens with zero attached hydrogens (tertiary/aromatic N) is 3. The van der Waals surface area contributed by atoms with E-state index in [-0.39, 0.29) is 36.6 Å². The van der Waals surface area contributed by atoms with Gasteiger partial charge in [-0.1, -0.05) is 77.8 Å². The molecule has 4 aromatic rings. The van der Waals surface area contributed by atoms with Gasteiger partial charge < -0.3 is 20.6 Å². The van der Waals surface area contributed by atoms with Crippen LogP contribution < -0.4 is 15.5 Å². The molecule has 3 aromatic carbocycles. The van der Waals surface area contributed by atoms with Gasteiger partial charge in [-0.05, 0) is 65.6 Å². The molecule has 1 saturated heterocycles. The van der Waals surface area contributed by atoms with E-state index < -0.39 is 23.7 Å². The minimum absolute atomic E-state index is 0.0274. The summed E-state index contributed by atoms with van der Waals surface area (Å²) in [5, 5.41) is 16.8. The summed E-state index contributed by atoms with van der Waals surface area (Å²) in [7, 11) is 0. The van der Waals surface area contributed by atoms with E-state index in [1.54, 1.807) is 17.0 Å². The highest BCUT2D eigenvalue weighted by Crippen LogP contribution is 2.31. The first-order valence-electron chi connectivity index (χ1n) is 14.9. The largest absolute Gasteiger partial charge is 0.480 e. The Hall–Kier alpha value is -4.21. The number of benzene rings is 3. The van der Waals surface area contributed by atoms with Crippen LogP contribution in [0.3, 0.4) is 0 Å². The SMILES string of the molecule is O=C(N[C@@H](Cc1ccc(-c2ccc(Cl)c(Cl)c2)cc1)C(=O)O)C1CCCN(c2ncnc(NC3Cc4ccccc4C3)c2F)C1. The van der Waals surface area contributed by atoms with Gasteiger partial charge >= 0.3 is 5.97 Å². The van der Waals surface area contributed by atoms with E-state index in [1.165, 1.54) is 17.5 Å². The maximum atomic E-state index is 15.7. The topological polar surface area (TPSA) is 107 Å². The molecular formula is C34H32Cl2FN5O3. The first kappa shape index (κ1) is 30.8. The molecule has 232 valence electrons. The number of aliphatic carboxylic acids is 1. The molecule has 1 aliphatic heterocycles. The highest BCUT2D eigenvalue weighted by Gasteiger charge is 2.32. The van der Waals surface area contributed by atoms with Crippen LogP contribution in [0.2, 0.25) is 10.0 Å². The van der Waals surface area contributed by atoms with Gasteiger partial charge in [0.05, 0.1) is 16.0 Å². The maximum absolute atomic E-state index is 15.7. The average molecular weight is 649 g/mol. The standard InChI is InChI=1S/C34H32Cl2FN5O3/c35-27-12-11-24(17-28(27)36)21-9-7-20(8-10-21)14-29(34(44)45)41-33(43)25-6-3-13-42(18-25)32-30(37)31(38-19-39-32)40-26-15-22-4-1-2-5-23(22)16-26/h1-2,4-5,7-12,17,19,25-26,29H,3,6,13-16,18H2,(H,41,43)(H,44,45)(H,38,39,40)/t25?,29-/m0/s1. The Kier molecular flexibility index (Phi) is 9.19. The smallest absolute Gasteiger partial charge is 0.326 e. The monoisotopic (exact) mass is 647 g/mol. The summed E-state index contributed by atoms with van der Waals surface area (Å²) in [4.78, 5) is 35.6. The number of hydrogen-bond acceptors (Lipinski definition) is 6. The second-order valence-corrected chi connectivity index (χ2v) is 12.4. The molecule has 11 heteroatoms. The quantitative estimate of drug-likeness (QED) is 0.199. The van der Waals surface area contributed by atoms with Crippen molar-refractivity contribution in [1.82, 2.24) is 15.3 Å². The van der Waals surface area contributed by atoms with Crippen LogP contribution in [-0.2, 0) is 28.9 Å². The number of carbonyl (C=O) groups is 2. The number of carboxylic acid groups (broad SMARTS) is 1. The predicted molar refractivity (Wildman–Crippen MR) is 173 cm³/mol. The van der Waals surface area contributed by atoms with Crippen molar-refractivity contribution in [3.05, 3.63) is 106 Å². The molecule has 2 aliphatic rings.